The van der Waals surface area contributed by atoms with Crippen LogP contribution in [0.2, 0.25) is 0 Å². The topological polar surface area (TPSA) is 286 Å². The first-order valence-corrected chi connectivity index (χ1v) is 10.0. The van der Waals surface area contributed by atoms with Crippen LogP contribution >= 0.6 is 7.60 Å². The van der Waals surface area contributed by atoms with E-state index in [2.05, 4.69) is 4.98 Å². The number of hydrogen-bond acceptors (Lipinski definition) is 13. The van der Waals surface area contributed by atoms with Crippen molar-refractivity contribution in [2.75, 3.05) is 18.9 Å². The van der Waals surface area contributed by atoms with Crippen molar-refractivity contribution in [3.05, 3.63) is 22.7 Å². The lowest BCUT2D eigenvalue weighted by Crippen LogP contribution is -2.49. The van der Waals surface area contributed by atoms with Crippen LogP contribution in [-0.4, -0.2) is 110 Å². The molecule has 11 N–H and O–H groups in total. The molecule has 0 amide bonds. The minimum Gasteiger partial charge on any atom is -0.394 e. The van der Waals surface area contributed by atoms with Crippen LogP contribution in [-0.2, 0) is 14.1 Å². The van der Waals surface area contributed by atoms with E-state index in [0.29, 0.717) is 4.57 Å². The molecule has 7 atom stereocenters. The number of aliphatic hydroxyl groups is 7. The average molecular weight is 473 g/mol. The molecule has 1 saturated heterocycles. The standard InChI is InChI=1S/C9H14N3O8P.C5H10O5/c10-5-1-2-12(8(15)11-5)7-6(14)9(16,21(17,18)19)4(3-13)20-7;6-1-3(8)5(10)4(9)2-7/h1-2,4,6-7,13-14,16H,3H2,(H2,10,11,15)(H2,17,18,19);1,3-5,7-10H,2H2/t4-,6+,7-,9+;/m1./s1. The Hall–Kier alpha value is -1.82. The molecule has 1 aliphatic heterocycles. The maximum absolute atomic E-state index is 11.7. The number of aromatic nitrogens is 2. The Bertz CT molecular complexity index is 847. The van der Waals surface area contributed by atoms with Gasteiger partial charge < -0.3 is 60.8 Å². The van der Waals surface area contributed by atoms with Gasteiger partial charge in [-0.2, -0.15) is 4.98 Å². The smallest absolute Gasteiger partial charge is 0.362 e. The first-order chi connectivity index (χ1) is 14.3. The van der Waals surface area contributed by atoms with Gasteiger partial charge in [-0.05, 0) is 6.07 Å². The van der Waals surface area contributed by atoms with Gasteiger partial charge in [-0.1, -0.05) is 0 Å². The molecule has 1 aromatic heterocycles. The number of hydrogen-bond donors (Lipinski definition) is 10. The van der Waals surface area contributed by atoms with Crippen LogP contribution in [0.3, 0.4) is 0 Å². The lowest BCUT2D eigenvalue weighted by molar-refractivity contribution is -0.127. The number of rotatable bonds is 7. The average Bonchev–Trinajstić information content (AvgIpc) is 2.98. The lowest BCUT2D eigenvalue weighted by atomic mass is 10.1. The predicted molar refractivity (Wildman–Crippen MR) is 98.1 cm³/mol. The van der Waals surface area contributed by atoms with Crippen LogP contribution in [0.4, 0.5) is 5.82 Å². The number of anilines is 1. The highest BCUT2D eigenvalue weighted by Crippen LogP contribution is 2.58. The van der Waals surface area contributed by atoms with Gasteiger partial charge >= 0.3 is 13.3 Å². The third-order valence-corrected chi connectivity index (χ3v) is 5.80. The van der Waals surface area contributed by atoms with E-state index in [4.69, 9.17) is 36.0 Å². The van der Waals surface area contributed by atoms with Crippen molar-refractivity contribution in [1.29, 1.82) is 0 Å². The van der Waals surface area contributed by atoms with E-state index in [-0.39, 0.29) is 12.1 Å². The molecule has 1 aromatic rings. The van der Waals surface area contributed by atoms with Gasteiger partial charge in [-0.15, -0.1) is 0 Å². The van der Waals surface area contributed by atoms with Crippen molar-refractivity contribution >= 4 is 19.7 Å². The molecule has 0 bridgehead atoms. The van der Waals surface area contributed by atoms with E-state index in [9.17, 15) is 34.2 Å². The Morgan fingerprint density at radius 2 is 1.90 bits per heavy atom. The van der Waals surface area contributed by atoms with Gasteiger partial charge in [-0.3, -0.25) is 9.13 Å². The largest absolute Gasteiger partial charge is 0.394 e. The molecule has 0 radical (unpaired) electrons. The van der Waals surface area contributed by atoms with Crippen LogP contribution in [0.5, 0.6) is 0 Å². The maximum atomic E-state index is 11.7. The van der Waals surface area contributed by atoms with Crippen LogP contribution in [0.25, 0.3) is 0 Å². The molecule has 0 aliphatic carbocycles. The molecule has 178 valence electrons. The van der Waals surface area contributed by atoms with E-state index in [0.717, 1.165) is 6.20 Å². The van der Waals surface area contributed by atoms with Crippen molar-refractivity contribution in [3.63, 3.8) is 0 Å². The fourth-order valence-corrected chi connectivity index (χ4v) is 3.52. The summed E-state index contributed by atoms with van der Waals surface area (Å²) in [4.78, 5) is 43.2. The van der Waals surface area contributed by atoms with E-state index in [1.165, 1.54) is 6.07 Å². The highest BCUT2D eigenvalue weighted by Gasteiger charge is 2.65. The monoisotopic (exact) mass is 473 g/mol. The van der Waals surface area contributed by atoms with Crippen LogP contribution in [0, 0.1) is 0 Å². The fraction of sp³-hybridized carbons (Fsp3) is 0.643. The maximum Gasteiger partial charge on any atom is 0.362 e. The molecule has 16 nitrogen and oxygen atoms in total. The summed E-state index contributed by atoms with van der Waals surface area (Å²) in [6, 6.07) is 1.19. The zero-order chi connectivity index (χ0) is 24.1. The van der Waals surface area contributed by atoms with Gasteiger partial charge in [0.05, 0.1) is 13.2 Å². The molecular weight excluding hydrogens is 449 g/mol. The second-order valence-corrected chi connectivity index (χ2v) is 8.18. The molecule has 2 heterocycles. The van der Waals surface area contributed by atoms with Gasteiger partial charge in [0.1, 0.15) is 36.3 Å². The first kappa shape index (κ1) is 27.2. The second-order valence-electron chi connectivity index (χ2n) is 6.38. The zero-order valence-corrected chi connectivity index (χ0v) is 16.6. The van der Waals surface area contributed by atoms with E-state index < -0.39 is 68.6 Å². The SMILES string of the molecule is Nc1ccn([C@@H]2O[C@H](CO)[C@](O)(P(=O)(O)O)[C@H]2O)c(=O)n1.O=CC(O)C(O)C(O)CO. The summed E-state index contributed by atoms with van der Waals surface area (Å²) in [6.45, 7) is -1.67. The summed E-state index contributed by atoms with van der Waals surface area (Å²) in [5.41, 5.74) is 4.34. The summed E-state index contributed by atoms with van der Waals surface area (Å²) >= 11 is 0. The number of aliphatic hydroxyl groups excluding tert-OH is 6. The fourth-order valence-electron chi connectivity index (χ4n) is 2.53. The quantitative estimate of drug-likeness (QED) is 0.130. The Kier molecular flexibility index (Phi) is 9.36. The number of nitrogens with zero attached hydrogens (tertiary/aromatic N) is 2. The molecule has 0 spiro atoms. The van der Waals surface area contributed by atoms with Gasteiger partial charge in [0, 0.05) is 6.20 Å². The van der Waals surface area contributed by atoms with Crippen LogP contribution in [0.15, 0.2) is 17.1 Å². The van der Waals surface area contributed by atoms with Crippen LogP contribution < -0.4 is 11.4 Å². The molecule has 3 unspecified atom stereocenters. The van der Waals surface area contributed by atoms with Gasteiger partial charge in [-0.25, -0.2) is 4.79 Å². The van der Waals surface area contributed by atoms with Gasteiger partial charge in [0.25, 0.3) is 0 Å². The normalized spacial score (nSPS) is 28.9. The highest BCUT2D eigenvalue weighted by atomic mass is 31.2. The number of nitrogen functional groups attached to an aromatic ring is 1. The zero-order valence-electron chi connectivity index (χ0n) is 15.7. The van der Waals surface area contributed by atoms with Gasteiger partial charge in [0.15, 0.2) is 12.5 Å². The minimum absolute atomic E-state index is 0.0869. The molecule has 2 rings (SSSR count). The molecular formula is C14H24N3O13P. The van der Waals surface area contributed by atoms with E-state index in [1.54, 1.807) is 0 Å². The molecule has 1 aliphatic rings. The van der Waals surface area contributed by atoms with Crippen LogP contribution in [0.1, 0.15) is 6.23 Å². The number of aldehydes is 1. The summed E-state index contributed by atoms with van der Waals surface area (Å²) in [5, 5.41) is 60.2. The summed E-state index contributed by atoms with van der Waals surface area (Å²) in [6.07, 6.45) is -9.14. The number of nitrogens with two attached hydrogens (primary N) is 1. The van der Waals surface area contributed by atoms with Crippen molar-refractivity contribution in [3.8, 4) is 0 Å². The molecule has 1 fully saturated rings. The third-order valence-electron chi connectivity index (χ3n) is 4.31. The number of carbonyl (C=O) groups is 1. The number of ether oxygens (including phenoxy) is 1. The van der Waals surface area contributed by atoms with Crippen molar-refractivity contribution in [2.45, 2.75) is 42.1 Å². The Labute approximate surface area is 173 Å². The molecule has 17 heteroatoms. The molecule has 0 saturated carbocycles. The summed E-state index contributed by atoms with van der Waals surface area (Å²) in [7, 11) is -5.28. The van der Waals surface area contributed by atoms with Gasteiger partial charge in [0.2, 0.25) is 5.34 Å². The third kappa shape index (κ3) is 5.71. The summed E-state index contributed by atoms with van der Waals surface area (Å²) < 4.78 is 17.1. The Morgan fingerprint density at radius 3 is 2.29 bits per heavy atom. The molecule has 0 aromatic carbocycles. The van der Waals surface area contributed by atoms with Crippen molar-refractivity contribution in [1.82, 2.24) is 9.55 Å². The lowest BCUT2D eigenvalue weighted by Gasteiger charge is -2.30. The highest BCUT2D eigenvalue weighted by molar-refractivity contribution is 7.53. The van der Waals surface area contributed by atoms with E-state index >= 15 is 0 Å². The molecule has 31 heavy (non-hydrogen) atoms. The first-order valence-electron chi connectivity index (χ1n) is 8.43. The Morgan fingerprint density at radius 1 is 1.32 bits per heavy atom. The Balaban J connectivity index is 0.000000407. The minimum atomic E-state index is -5.28. The van der Waals surface area contributed by atoms with Crippen molar-refractivity contribution in [2.24, 2.45) is 0 Å². The van der Waals surface area contributed by atoms with Crippen molar-refractivity contribution < 1.29 is 59.6 Å². The van der Waals surface area contributed by atoms with E-state index in [1.807, 2.05) is 0 Å². The number of carbonyl (C=O) groups excluding carboxylic acids is 1. The second kappa shape index (κ2) is 10.7. The predicted octanol–water partition coefficient (Wildman–Crippen LogP) is -5.80. The summed E-state index contributed by atoms with van der Waals surface area (Å²) in [5.74, 6) is -0.104.